The largest absolute Gasteiger partial charge is 0.497 e. The lowest BCUT2D eigenvalue weighted by Crippen LogP contribution is -2.53. The molecule has 1 fully saturated rings. The number of ether oxygens (including phenoxy) is 2. The maximum atomic E-state index is 14.6. The molecule has 214 valence electrons. The third kappa shape index (κ3) is 5.16. The van der Waals surface area contributed by atoms with Crippen LogP contribution in [-0.4, -0.2) is 57.1 Å². The van der Waals surface area contributed by atoms with Crippen molar-refractivity contribution in [3.63, 3.8) is 0 Å². The number of piperazine rings is 1. The van der Waals surface area contributed by atoms with E-state index in [9.17, 15) is 9.59 Å². The minimum absolute atomic E-state index is 0.0000221. The van der Waals surface area contributed by atoms with Gasteiger partial charge in [0.05, 0.1) is 26.2 Å². The lowest BCUT2D eigenvalue weighted by molar-refractivity contribution is -0.133. The van der Waals surface area contributed by atoms with Gasteiger partial charge in [-0.15, -0.1) is 0 Å². The van der Waals surface area contributed by atoms with E-state index in [0.29, 0.717) is 54.0 Å². The fraction of sp³-hybridized carbons (Fsp3) is 0.235. The van der Waals surface area contributed by atoms with Crippen LogP contribution in [0.25, 0.3) is 0 Å². The van der Waals surface area contributed by atoms with Gasteiger partial charge in [0, 0.05) is 48.1 Å². The van der Waals surface area contributed by atoms with Crippen LogP contribution in [0.1, 0.15) is 33.4 Å². The molecule has 2 amide bonds. The van der Waals surface area contributed by atoms with Crippen molar-refractivity contribution in [3.8, 4) is 11.5 Å². The van der Waals surface area contributed by atoms with Crippen molar-refractivity contribution in [2.45, 2.75) is 12.0 Å². The minimum atomic E-state index is -0.605. The molecule has 4 aromatic rings. The predicted octanol–water partition coefficient (Wildman–Crippen LogP) is 6.19. The molecule has 0 bridgehead atoms. The molecule has 0 unspecified atom stereocenters. The van der Waals surface area contributed by atoms with Gasteiger partial charge >= 0.3 is 0 Å². The fourth-order valence-electron chi connectivity index (χ4n) is 6.02. The average molecular weight is 582 g/mol. The first-order valence-electron chi connectivity index (χ1n) is 14.0. The van der Waals surface area contributed by atoms with Crippen molar-refractivity contribution < 1.29 is 19.1 Å². The molecule has 0 spiro atoms. The van der Waals surface area contributed by atoms with Gasteiger partial charge in [0.15, 0.2) is 0 Å². The molecule has 0 N–H and O–H groups in total. The molecule has 6 rings (SSSR count). The highest BCUT2D eigenvalue weighted by molar-refractivity contribution is 6.30. The van der Waals surface area contributed by atoms with Gasteiger partial charge in [0.1, 0.15) is 11.5 Å². The molecule has 7 nitrogen and oxygen atoms in total. The molecule has 42 heavy (non-hydrogen) atoms. The number of nitrogens with zero attached hydrogens (tertiary/aromatic N) is 3. The summed E-state index contributed by atoms with van der Waals surface area (Å²) >= 11 is 6.24. The molecule has 0 aromatic heterocycles. The topological polar surface area (TPSA) is 62.3 Å². The number of hydrogen-bond acceptors (Lipinski definition) is 5. The van der Waals surface area contributed by atoms with E-state index in [4.69, 9.17) is 21.1 Å². The van der Waals surface area contributed by atoms with Gasteiger partial charge in [-0.05, 0) is 71.8 Å². The summed E-state index contributed by atoms with van der Waals surface area (Å²) < 4.78 is 10.8. The Hall–Kier alpha value is -4.49. The Morgan fingerprint density at radius 1 is 0.762 bits per heavy atom. The lowest BCUT2D eigenvalue weighted by atomic mass is 9.78. The summed E-state index contributed by atoms with van der Waals surface area (Å²) in [5.41, 5.74) is 3.87. The third-order valence-electron chi connectivity index (χ3n) is 8.18. The number of fused-ring (bicyclic) bond motifs is 1. The van der Waals surface area contributed by atoms with Gasteiger partial charge in [0.2, 0.25) is 5.91 Å². The van der Waals surface area contributed by atoms with Gasteiger partial charge in [-0.1, -0.05) is 48.0 Å². The van der Waals surface area contributed by atoms with Gasteiger partial charge in [-0.25, -0.2) is 0 Å². The third-order valence-corrected chi connectivity index (χ3v) is 8.41. The Morgan fingerprint density at radius 2 is 1.40 bits per heavy atom. The second kappa shape index (κ2) is 11.8. The lowest BCUT2D eigenvalue weighted by Gasteiger charge is -2.44. The Morgan fingerprint density at radius 3 is 2.05 bits per heavy atom. The van der Waals surface area contributed by atoms with Crippen LogP contribution >= 0.6 is 11.6 Å². The number of rotatable bonds is 6. The number of halogens is 1. The Bertz CT molecular complexity index is 1580. The molecule has 2 aliphatic heterocycles. The van der Waals surface area contributed by atoms with Crippen LogP contribution in [-0.2, 0) is 4.79 Å². The number of anilines is 2. The maximum absolute atomic E-state index is 14.6. The first-order chi connectivity index (χ1) is 20.5. The second-order valence-corrected chi connectivity index (χ2v) is 10.9. The van der Waals surface area contributed by atoms with E-state index in [2.05, 4.69) is 4.90 Å². The van der Waals surface area contributed by atoms with E-state index in [1.807, 2.05) is 102 Å². The molecular formula is C34H32ClN3O4. The highest BCUT2D eigenvalue weighted by atomic mass is 35.5. The summed E-state index contributed by atoms with van der Waals surface area (Å²) in [6, 6.07) is 29.7. The van der Waals surface area contributed by atoms with Crippen LogP contribution in [0.15, 0.2) is 97.1 Å². The molecule has 1 saturated heterocycles. The summed E-state index contributed by atoms with van der Waals surface area (Å²) in [6.45, 7) is 2.51. The normalized spacial score (nSPS) is 18.5. The highest BCUT2D eigenvalue weighted by Crippen LogP contribution is 2.46. The van der Waals surface area contributed by atoms with Crippen molar-refractivity contribution in [1.82, 2.24) is 4.90 Å². The van der Waals surface area contributed by atoms with Crippen LogP contribution in [0.4, 0.5) is 11.4 Å². The van der Waals surface area contributed by atoms with Gasteiger partial charge in [0.25, 0.3) is 5.91 Å². The summed E-state index contributed by atoms with van der Waals surface area (Å²) in [4.78, 5) is 34.7. The van der Waals surface area contributed by atoms with Crippen molar-refractivity contribution in [2.75, 3.05) is 50.2 Å². The monoisotopic (exact) mass is 581 g/mol. The summed E-state index contributed by atoms with van der Waals surface area (Å²) in [7, 11) is 3.23. The van der Waals surface area contributed by atoms with E-state index in [-0.39, 0.29) is 11.8 Å². The summed E-state index contributed by atoms with van der Waals surface area (Å²) in [6.07, 6.45) is 0. The van der Waals surface area contributed by atoms with Crippen LogP contribution < -0.4 is 19.3 Å². The Labute approximate surface area is 250 Å². The van der Waals surface area contributed by atoms with Crippen molar-refractivity contribution in [3.05, 3.63) is 119 Å². The number of benzene rings is 4. The van der Waals surface area contributed by atoms with Crippen LogP contribution in [0, 0.1) is 0 Å². The molecule has 8 heteroatoms. The van der Waals surface area contributed by atoms with E-state index < -0.39 is 12.0 Å². The number of amides is 2. The average Bonchev–Trinajstić information content (AvgIpc) is 3.04. The van der Waals surface area contributed by atoms with E-state index >= 15 is 0 Å². The molecular weight excluding hydrogens is 550 g/mol. The summed E-state index contributed by atoms with van der Waals surface area (Å²) in [5.74, 6) is 0.644. The van der Waals surface area contributed by atoms with Crippen molar-refractivity contribution in [2.24, 2.45) is 0 Å². The quantitative estimate of drug-likeness (QED) is 0.272. The number of carbonyl (C=O) groups is 2. The van der Waals surface area contributed by atoms with Gasteiger partial charge in [-0.3, -0.25) is 14.5 Å². The standard InChI is InChI=1S/C34H32ClN3O4/c1-41-27-14-10-23(11-15-27)32-31(34(40)37-20-18-36(19-21-37)26-7-5-6-24(35)22-26)29-8-3-4-9-30(29)33(39)38(32)25-12-16-28(42-2)17-13-25/h3-17,22,31-32H,18-21H2,1-2H3/t31-,32+/m1/s1. The Kier molecular flexibility index (Phi) is 7.76. The zero-order chi connectivity index (χ0) is 29.2. The van der Waals surface area contributed by atoms with Crippen LogP contribution in [0.5, 0.6) is 11.5 Å². The van der Waals surface area contributed by atoms with Gasteiger partial charge in [-0.2, -0.15) is 0 Å². The minimum Gasteiger partial charge on any atom is -0.497 e. The van der Waals surface area contributed by atoms with E-state index in [0.717, 1.165) is 16.8 Å². The molecule has 0 aliphatic carbocycles. The first kappa shape index (κ1) is 27.7. The van der Waals surface area contributed by atoms with Crippen LogP contribution in [0.3, 0.4) is 0 Å². The molecule has 0 radical (unpaired) electrons. The smallest absolute Gasteiger partial charge is 0.259 e. The second-order valence-electron chi connectivity index (χ2n) is 10.4. The zero-order valence-electron chi connectivity index (χ0n) is 23.6. The fourth-order valence-corrected chi connectivity index (χ4v) is 6.21. The SMILES string of the molecule is COc1ccc([C@H]2[C@H](C(=O)N3CCN(c4cccc(Cl)c4)CC3)c3ccccc3C(=O)N2c2ccc(OC)cc2)cc1. The van der Waals surface area contributed by atoms with E-state index in [1.165, 1.54) is 0 Å². The van der Waals surface area contributed by atoms with E-state index in [1.54, 1.807) is 19.1 Å². The predicted molar refractivity (Wildman–Crippen MR) is 165 cm³/mol. The molecule has 4 aromatic carbocycles. The molecule has 2 atom stereocenters. The molecule has 0 saturated carbocycles. The summed E-state index contributed by atoms with van der Waals surface area (Å²) in [5, 5.41) is 0.690. The van der Waals surface area contributed by atoms with Crippen molar-refractivity contribution >= 4 is 34.8 Å². The Balaban J connectivity index is 1.40. The number of methoxy groups -OCH3 is 2. The zero-order valence-corrected chi connectivity index (χ0v) is 24.3. The highest BCUT2D eigenvalue weighted by Gasteiger charge is 2.46. The van der Waals surface area contributed by atoms with Crippen molar-refractivity contribution in [1.29, 1.82) is 0 Å². The number of hydrogen-bond donors (Lipinski definition) is 0. The number of carbonyl (C=O) groups excluding carboxylic acids is 2. The first-order valence-corrected chi connectivity index (χ1v) is 14.4. The molecule has 2 aliphatic rings. The molecule has 2 heterocycles. The van der Waals surface area contributed by atoms with Crippen LogP contribution in [0.2, 0.25) is 5.02 Å². The maximum Gasteiger partial charge on any atom is 0.259 e. The van der Waals surface area contributed by atoms with Gasteiger partial charge < -0.3 is 19.3 Å².